The van der Waals surface area contributed by atoms with E-state index in [1.807, 2.05) is 6.92 Å². The van der Waals surface area contributed by atoms with Crippen LogP contribution >= 0.6 is 0 Å². The minimum Gasteiger partial charge on any atom is -0.385 e. The van der Waals surface area contributed by atoms with Crippen LogP contribution in [0.1, 0.15) is 49.8 Å². The average Bonchev–Trinajstić information content (AvgIpc) is 2.75. The maximum atomic E-state index is 11.3. The van der Waals surface area contributed by atoms with Gasteiger partial charge in [0.15, 0.2) is 0 Å². The number of aliphatic hydroxyl groups is 1. The Bertz CT molecular complexity index is 466. The summed E-state index contributed by atoms with van der Waals surface area (Å²) in [5.74, 6) is 0.653. The molecule has 0 aromatic heterocycles. The van der Waals surface area contributed by atoms with Crippen molar-refractivity contribution in [1.82, 2.24) is 0 Å². The van der Waals surface area contributed by atoms with E-state index in [9.17, 15) is 5.11 Å². The zero-order valence-corrected chi connectivity index (χ0v) is 12.7. The molecule has 0 aliphatic heterocycles. The molecule has 1 fully saturated rings. The van der Waals surface area contributed by atoms with E-state index in [1.165, 1.54) is 5.56 Å². The third-order valence-corrected chi connectivity index (χ3v) is 5.20. The zero-order valence-electron chi connectivity index (χ0n) is 12.7. The molecular weight excluding hydrogens is 234 g/mol. The van der Waals surface area contributed by atoms with Crippen molar-refractivity contribution in [2.45, 2.75) is 52.6 Å². The number of hydrogen-bond acceptors (Lipinski definition) is 2. The highest BCUT2D eigenvalue weighted by atomic mass is 16.3. The molecule has 2 rings (SSSR count). The summed E-state index contributed by atoms with van der Waals surface area (Å²) in [4.78, 5) is 0. The van der Waals surface area contributed by atoms with Crippen LogP contribution in [0.15, 0.2) is 18.2 Å². The van der Waals surface area contributed by atoms with Crippen molar-refractivity contribution in [3.05, 3.63) is 34.9 Å². The zero-order chi connectivity index (χ0) is 14.3. The molecule has 1 aromatic rings. The lowest BCUT2D eigenvalue weighted by molar-refractivity contribution is -0.0716. The van der Waals surface area contributed by atoms with Gasteiger partial charge in [0.1, 0.15) is 0 Å². The monoisotopic (exact) mass is 261 g/mol. The van der Waals surface area contributed by atoms with E-state index in [2.05, 4.69) is 39.0 Å². The fourth-order valence-corrected chi connectivity index (χ4v) is 3.77. The molecule has 19 heavy (non-hydrogen) atoms. The van der Waals surface area contributed by atoms with E-state index < -0.39 is 5.60 Å². The fourth-order valence-electron chi connectivity index (χ4n) is 3.77. The van der Waals surface area contributed by atoms with Crippen LogP contribution in [0.25, 0.3) is 0 Å². The van der Waals surface area contributed by atoms with Gasteiger partial charge in [0.05, 0.1) is 5.60 Å². The predicted octanol–water partition coefficient (Wildman–Crippen LogP) is 3.28. The Balaban J connectivity index is 2.48. The van der Waals surface area contributed by atoms with Crippen molar-refractivity contribution in [1.29, 1.82) is 0 Å². The van der Waals surface area contributed by atoms with E-state index in [1.54, 1.807) is 0 Å². The number of hydrogen-bond donors (Lipinski definition) is 2. The van der Waals surface area contributed by atoms with Crippen LogP contribution in [0.2, 0.25) is 0 Å². The van der Waals surface area contributed by atoms with E-state index in [-0.39, 0.29) is 5.41 Å². The van der Waals surface area contributed by atoms with E-state index in [0.717, 1.165) is 30.4 Å². The molecule has 1 aliphatic rings. The van der Waals surface area contributed by atoms with Crippen LogP contribution in [0.3, 0.4) is 0 Å². The van der Waals surface area contributed by atoms with Gasteiger partial charge in [0.25, 0.3) is 0 Å². The van der Waals surface area contributed by atoms with Crippen LogP contribution in [0, 0.1) is 25.2 Å². The summed E-state index contributed by atoms with van der Waals surface area (Å²) in [7, 11) is 0. The lowest BCUT2D eigenvalue weighted by atomic mass is 9.66. The second-order valence-corrected chi connectivity index (χ2v) is 6.72. The van der Waals surface area contributed by atoms with Gasteiger partial charge in [0, 0.05) is 12.0 Å². The molecular formula is C17H27NO. The van der Waals surface area contributed by atoms with Crippen molar-refractivity contribution in [3.63, 3.8) is 0 Å². The van der Waals surface area contributed by atoms with Gasteiger partial charge < -0.3 is 10.8 Å². The molecule has 1 aromatic carbocycles. The molecule has 2 nitrogen and oxygen atoms in total. The highest BCUT2D eigenvalue weighted by Crippen LogP contribution is 2.53. The summed E-state index contributed by atoms with van der Waals surface area (Å²) in [6.07, 6.45) is 3.20. The summed E-state index contributed by atoms with van der Waals surface area (Å²) in [6, 6.07) is 6.32. The second kappa shape index (κ2) is 4.92. The van der Waals surface area contributed by atoms with Gasteiger partial charge in [-0.3, -0.25) is 0 Å². The maximum Gasteiger partial charge on any atom is 0.0939 e. The molecule has 1 saturated carbocycles. The van der Waals surface area contributed by atoms with E-state index >= 15 is 0 Å². The summed E-state index contributed by atoms with van der Waals surface area (Å²) in [5.41, 5.74) is 8.46. The van der Waals surface area contributed by atoms with Gasteiger partial charge in [-0.15, -0.1) is 0 Å². The van der Waals surface area contributed by atoms with E-state index in [0.29, 0.717) is 12.5 Å². The summed E-state index contributed by atoms with van der Waals surface area (Å²) >= 11 is 0. The third kappa shape index (κ3) is 2.32. The van der Waals surface area contributed by atoms with Gasteiger partial charge in [-0.05, 0) is 57.1 Å². The Kier molecular flexibility index (Phi) is 3.76. The van der Waals surface area contributed by atoms with Gasteiger partial charge in [-0.1, -0.05) is 30.7 Å². The number of benzene rings is 1. The Morgan fingerprint density at radius 1 is 1.42 bits per heavy atom. The Labute approximate surface area is 117 Å². The summed E-state index contributed by atoms with van der Waals surface area (Å²) in [5, 5.41) is 11.3. The van der Waals surface area contributed by atoms with E-state index in [4.69, 9.17) is 5.73 Å². The van der Waals surface area contributed by atoms with Crippen LogP contribution in [0.4, 0.5) is 0 Å². The van der Waals surface area contributed by atoms with Crippen LogP contribution in [0.5, 0.6) is 0 Å². The molecule has 0 bridgehead atoms. The second-order valence-electron chi connectivity index (χ2n) is 6.72. The molecule has 106 valence electrons. The minimum atomic E-state index is -0.845. The topological polar surface area (TPSA) is 46.2 Å². The van der Waals surface area contributed by atoms with Gasteiger partial charge >= 0.3 is 0 Å². The molecule has 3 N–H and O–H groups in total. The molecule has 2 heteroatoms. The molecule has 3 unspecified atom stereocenters. The molecule has 0 saturated heterocycles. The molecule has 3 atom stereocenters. The first-order valence-electron chi connectivity index (χ1n) is 7.32. The quantitative estimate of drug-likeness (QED) is 0.877. The van der Waals surface area contributed by atoms with Gasteiger partial charge in [-0.2, -0.15) is 0 Å². The van der Waals surface area contributed by atoms with Crippen molar-refractivity contribution < 1.29 is 5.11 Å². The molecule has 1 aliphatic carbocycles. The molecule has 0 spiro atoms. The number of nitrogens with two attached hydrogens (primary N) is 1. The first-order valence-corrected chi connectivity index (χ1v) is 7.32. The van der Waals surface area contributed by atoms with Crippen molar-refractivity contribution in [2.75, 3.05) is 6.54 Å². The first-order chi connectivity index (χ1) is 8.82. The van der Waals surface area contributed by atoms with Crippen molar-refractivity contribution in [3.8, 4) is 0 Å². The highest BCUT2D eigenvalue weighted by Gasteiger charge is 2.51. The van der Waals surface area contributed by atoms with Crippen LogP contribution < -0.4 is 5.73 Å². The standard InChI is InChI=1S/C17H27NO/c1-12-5-6-14(3)15(9-12)16(4,19)17(11-18)8-7-13(2)10-17/h5-6,9,13,19H,7-8,10-11,18H2,1-4H3. The third-order valence-electron chi connectivity index (χ3n) is 5.20. The summed E-state index contributed by atoms with van der Waals surface area (Å²) < 4.78 is 0. The normalized spacial score (nSPS) is 30.3. The lowest BCUT2D eigenvalue weighted by Gasteiger charge is -2.43. The molecule has 0 heterocycles. The smallest absolute Gasteiger partial charge is 0.0939 e. The predicted molar refractivity (Wildman–Crippen MR) is 80.0 cm³/mol. The first kappa shape index (κ1) is 14.5. The maximum absolute atomic E-state index is 11.3. The van der Waals surface area contributed by atoms with Crippen LogP contribution in [-0.4, -0.2) is 11.7 Å². The minimum absolute atomic E-state index is 0.176. The average molecular weight is 261 g/mol. The Hall–Kier alpha value is -0.860. The highest BCUT2D eigenvalue weighted by molar-refractivity contribution is 5.36. The van der Waals surface area contributed by atoms with Gasteiger partial charge in [0.2, 0.25) is 0 Å². The van der Waals surface area contributed by atoms with Crippen molar-refractivity contribution in [2.24, 2.45) is 17.1 Å². The van der Waals surface area contributed by atoms with Crippen molar-refractivity contribution >= 4 is 0 Å². The number of aryl methyl sites for hydroxylation is 2. The Morgan fingerprint density at radius 3 is 2.63 bits per heavy atom. The summed E-state index contributed by atoms with van der Waals surface area (Å²) in [6.45, 7) is 8.92. The van der Waals surface area contributed by atoms with Gasteiger partial charge in [-0.25, -0.2) is 0 Å². The molecule has 0 radical (unpaired) electrons. The lowest BCUT2D eigenvalue weighted by Crippen LogP contribution is -2.47. The fraction of sp³-hybridized carbons (Fsp3) is 0.647. The largest absolute Gasteiger partial charge is 0.385 e. The molecule has 0 amide bonds. The number of rotatable bonds is 3. The van der Waals surface area contributed by atoms with Crippen LogP contribution in [-0.2, 0) is 5.60 Å². The SMILES string of the molecule is Cc1ccc(C)c(C(C)(O)C2(CN)CCC(C)C2)c1. The Morgan fingerprint density at radius 2 is 2.11 bits per heavy atom.